The lowest BCUT2D eigenvalue weighted by molar-refractivity contribution is -0.867. The van der Waals surface area contributed by atoms with Crippen LogP contribution in [0, 0.1) is 6.92 Å². The first-order valence-corrected chi connectivity index (χ1v) is 8.46. The molecule has 0 amide bonds. The second-order valence-corrected chi connectivity index (χ2v) is 9.15. The summed E-state index contributed by atoms with van der Waals surface area (Å²) in [5.74, 6) is 0.611. The second-order valence-electron chi connectivity index (χ2n) is 5.10. The van der Waals surface area contributed by atoms with Crippen LogP contribution in [0.1, 0.15) is 5.56 Å². The van der Waals surface area contributed by atoms with Gasteiger partial charge in [-0.2, -0.15) is 0 Å². The van der Waals surface area contributed by atoms with E-state index >= 15 is 0 Å². The maximum absolute atomic E-state index is 12.0. The lowest BCUT2D eigenvalue weighted by atomic mass is 10.2. The highest BCUT2D eigenvalue weighted by atomic mass is 33.1. The molecule has 0 spiro atoms. The third kappa shape index (κ3) is 5.10. The molecule has 96 valence electrons. The molecule has 0 aliphatic heterocycles. The molecule has 0 radical (unpaired) electrons. The van der Waals surface area contributed by atoms with E-state index in [9.17, 15) is 8.42 Å². The van der Waals surface area contributed by atoms with Crippen molar-refractivity contribution in [3.63, 3.8) is 0 Å². The number of aryl methyl sites for hydroxylation is 1. The molecular formula is C12H20NO2S2+. The minimum Gasteiger partial charge on any atom is -0.330 e. The van der Waals surface area contributed by atoms with E-state index in [1.807, 2.05) is 19.1 Å². The van der Waals surface area contributed by atoms with E-state index < -0.39 is 8.87 Å². The molecule has 0 saturated heterocycles. The smallest absolute Gasteiger partial charge is 0.230 e. The van der Waals surface area contributed by atoms with Crippen LogP contribution in [-0.2, 0) is 8.87 Å². The van der Waals surface area contributed by atoms with Crippen molar-refractivity contribution in [1.29, 1.82) is 0 Å². The van der Waals surface area contributed by atoms with Crippen LogP contribution in [0.2, 0.25) is 0 Å². The molecule has 17 heavy (non-hydrogen) atoms. The van der Waals surface area contributed by atoms with Gasteiger partial charge in [0.25, 0.3) is 0 Å². The molecule has 0 aromatic heterocycles. The van der Waals surface area contributed by atoms with Crippen molar-refractivity contribution in [3.8, 4) is 0 Å². The van der Waals surface area contributed by atoms with Gasteiger partial charge in [0.1, 0.15) is 0 Å². The summed E-state index contributed by atoms with van der Waals surface area (Å²) in [5, 5.41) is 0. The monoisotopic (exact) mass is 274 g/mol. The average molecular weight is 274 g/mol. The molecule has 1 aromatic carbocycles. The van der Waals surface area contributed by atoms with Crippen molar-refractivity contribution < 1.29 is 12.9 Å². The minimum atomic E-state index is -3.19. The predicted molar refractivity (Wildman–Crippen MR) is 73.7 cm³/mol. The fourth-order valence-electron chi connectivity index (χ4n) is 1.19. The van der Waals surface area contributed by atoms with Gasteiger partial charge in [-0.05, 0) is 29.9 Å². The van der Waals surface area contributed by atoms with Crippen molar-refractivity contribution in [3.05, 3.63) is 29.8 Å². The topological polar surface area (TPSA) is 34.1 Å². The molecule has 3 nitrogen and oxygen atoms in total. The van der Waals surface area contributed by atoms with Gasteiger partial charge in [0, 0.05) is 0 Å². The predicted octanol–water partition coefficient (Wildman–Crippen LogP) is 2.12. The molecule has 0 unspecified atom stereocenters. The zero-order chi connectivity index (χ0) is 13.1. The summed E-state index contributed by atoms with van der Waals surface area (Å²) < 4.78 is 24.7. The summed E-state index contributed by atoms with van der Waals surface area (Å²) in [5.41, 5.74) is 1.07. The van der Waals surface area contributed by atoms with Gasteiger partial charge in [0.05, 0.1) is 38.3 Å². The highest BCUT2D eigenvalue weighted by molar-refractivity contribution is 8.72. The molecule has 0 aliphatic carbocycles. The van der Waals surface area contributed by atoms with Gasteiger partial charge in [0.15, 0.2) is 0 Å². The standard InChI is InChI=1S/C12H20NO2S2/c1-11-5-7-12(8-6-11)17(14,15)16-10-9-13(2,3)4/h5-8H,9-10H2,1-4H3/q+1. The molecule has 0 bridgehead atoms. The normalized spacial score (nSPS) is 12.7. The summed E-state index contributed by atoms with van der Waals surface area (Å²) >= 11 is 0. The first kappa shape index (κ1) is 14.5. The number of benzene rings is 1. The molecule has 0 heterocycles. The van der Waals surface area contributed by atoms with Crippen molar-refractivity contribution in [2.75, 3.05) is 33.4 Å². The van der Waals surface area contributed by atoms with Crippen LogP contribution in [0.5, 0.6) is 0 Å². The first-order chi connectivity index (χ1) is 7.71. The van der Waals surface area contributed by atoms with Gasteiger partial charge in [-0.1, -0.05) is 17.7 Å². The molecule has 1 rings (SSSR count). The summed E-state index contributed by atoms with van der Waals surface area (Å²) in [4.78, 5) is 0.398. The molecule has 0 N–H and O–H groups in total. The Kier molecular flexibility index (Phi) is 4.63. The van der Waals surface area contributed by atoms with E-state index in [1.165, 1.54) is 0 Å². The summed E-state index contributed by atoms with van der Waals surface area (Å²) in [6.45, 7) is 2.77. The number of hydrogen-bond donors (Lipinski definition) is 0. The Labute approximate surface area is 108 Å². The first-order valence-electron chi connectivity index (χ1n) is 5.47. The van der Waals surface area contributed by atoms with Crippen LogP contribution in [0.3, 0.4) is 0 Å². The Morgan fingerprint density at radius 2 is 1.65 bits per heavy atom. The summed E-state index contributed by atoms with van der Waals surface area (Å²) in [6.07, 6.45) is 0. The van der Waals surface area contributed by atoms with E-state index in [0.717, 1.165) is 27.4 Å². The molecule has 0 saturated carbocycles. The van der Waals surface area contributed by atoms with Crippen molar-refractivity contribution in [1.82, 2.24) is 0 Å². The van der Waals surface area contributed by atoms with Gasteiger partial charge in [0.2, 0.25) is 8.87 Å². The molecule has 5 heteroatoms. The van der Waals surface area contributed by atoms with Gasteiger partial charge in [-0.3, -0.25) is 0 Å². The third-order valence-electron chi connectivity index (χ3n) is 2.31. The SMILES string of the molecule is Cc1ccc(S(=O)(=O)SCC[N+](C)(C)C)cc1. The number of nitrogens with zero attached hydrogens (tertiary/aromatic N) is 1. The number of quaternary nitrogens is 1. The van der Waals surface area contributed by atoms with Crippen LogP contribution in [0.25, 0.3) is 0 Å². The van der Waals surface area contributed by atoms with Crippen LogP contribution in [-0.4, -0.2) is 46.3 Å². The fourth-order valence-corrected chi connectivity index (χ4v) is 4.26. The zero-order valence-electron chi connectivity index (χ0n) is 10.8. The van der Waals surface area contributed by atoms with E-state index in [-0.39, 0.29) is 0 Å². The average Bonchev–Trinajstić information content (AvgIpc) is 2.15. The molecule has 0 aliphatic rings. The van der Waals surface area contributed by atoms with E-state index in [2.05, 4.69) is 21.1 Å². The quantitative estimate of drug-likeness (QED) is 0.609. The Bertz CT molecular complexity index is 458. The van der Waals surface area contributed by atoms with Gasteiger partial charge >= 0.3 is 0 Å². The highest BCUT2D eigenvalue weighted by Gasteiger charge is 2.17. The minimum absolute atomic E-state index is 0.398. The maximum atomic E-state index is 12.0. The molecular weight excluding hydrogens is 254 g/mol. The fraction of sp³-hybridized carbons (Fsp3) is 0.500. The summed E-state index contributed by atoms with van der Waals surface area (Å²) in [6, 6.07) is 6.99. The Morgan fingerprint density at radius 1 is 1.12 bits per heavy atom. The van der Waals surface area contributed by atoms with Gasteiger partial charge in [-0.15, -0.1) is 0 Å². The Balaban J connectivity index is 2.66. The number of rotatable bonds is 5. The largest absolute Gasteiger partial charge is 0.330 e. The zero-order valence-corrected chi connectivity index (χ0v) is 12.4. The highest BCUT2D eigenvalue weighted by Crippen LogP contribution is 2.23. The van der Waals surface area contributed by atoms with Crippen molar-refractivity contribution in [2.45, 2.75) is 11.8 Å². The molecule has 0 atom stereocenters. The van der Waals surface area contributed by atoms with Crippen LogP contribution >= 0.6 is 10.8 Å². The third-order valence-corrected chi connectivity index (χ3v) is 5.83. The maximum Gasteiger partial charge on any atom is 0.230 e. The van der Waals surface area contributed by atoms with Gasteiger partial charge < -0.3 is 4.48 Å². The van der Waals surface area contributed by atoms with Crippen molar-refractivity contribution in [2.24, 2.45) is 0 Å². The Hall–Kier alpha value is -0.520. The van der Waals surface area contributed by atoms with Crippen LogP contribution in [0.15, 0.2) is 29.2 Å². The van der Waals surface area contributed by atoms with E-state index in [0.29, 0.717) is 10.6 Å². The second kappa shape index (κ2) is 5.42. The van der Waals surface area contributed by atoms with Crippen molar-refractivity contribution >= 4 is 19.7 Å². The van der Waals surface area contributed by atoms with Crippen LogP contribution in [0.4, 0.5) is 0 Å². The van der Waals surface area contributed by atoms with Crippen LogP contribution < -0.4 is 0 Å². The van der Waals surface area contributed by atoms with E-state index in [1.54, 1.807) is 12.1 Å². The molecule has 1 aromatic rings. The van der Waals surface area contributed by atoms with Gasteiger partial charge in [-0.25, -0.2) is 8.42 Å². The molecule has 0 fully saturated rings. The number of hydrogen-bond acceptors (Lipinski definition) is 3. The lowest BCUT2D eigenvalue weighted by Gasteiger charge is -2.23. The van der Waals surface area contributed by atoms with E-state index in [4.69, 9.17) is 0 Å². The summed E-state index contributed by atoms with van der Waals surface area (Å²) in [7, 11) is 3.99. The lowest BCUT2D eigenvalue weighted by Crippen LogP contribution is -2.36. The Morgan fingerprint density at radius 3 is 2.12 bits per heavy atom.